The predicted octanol–water partition coefficient (Wildman–Crippen LogP) is -0.879. The van der Waals surface area contributed by atoms with Crippen LogP contribution < -0.4 is 5.32 Å². The van der Waals surface area contributed by atoms with E-state index in [2.05, 4.69) is 15.6 Å². The first-order chi connectivity index (χ1) is 5.77. The summed E-state index contributed by atoms with van der Waals surface area (Å²) in [5.74, 6) is -1.03. The van der Waals surface area contributed by atoms with Crippen molar-refractivity contribution in [2.75, 3.05) is 13.1 Å². The van der Waals surface area contributed by atoms with Crippen LogP contribution in [0, 0.1) is 0 Å². The van der Waals surface area contributed by atoms with Crippen molar-refractivity contribution in [3.05, 3.63) is 11.9 Å². The van der Waals surface area contributed by atoms with Gasteiger partial charge in [0.1, 0.15) is 0 Å². The van der Waals surface area contributed by atoms with Crippen LogP contribution in [-0.2, 0) is 0 Å². The number of hydrogen-bond acceptors (Lipinski definition) is 4. The van der Waals surface area contributed by atoms with Gasteiger partial charge in [0, 0.05) is 13.1 Å². The van der Waals surface area contributed by atoms with Gasteiger partial charge in [-0.3, -0.25) is 0 Å². The van der Waals surface area contributed by atoms with Crippen molar-refractivity contribution in [2.24, 2.45) is 0 Å². The summed E-state index contributed by atoms with van der Waals surface area (Å²) in [6.07, 6.45) is 1.45. The predicted molar refractivity (Wildman–Crippen MR) is 38.9 cm³/mol. The second kappa shape index (κ2) is 2.56. The molecule has 6 heteroatoms. The molecule has 64 valence electrons. The van der Waals surface area contributed by atoms with Gasteiger partial charge in [-0.25, -0.2) is 9.48 Å². The van der Waals surface area contributed by atoms with Crippen molar-refractivity contribution in [2.45, 2.75) is 6.04 Å². The lowest BCUT2D eigenvalue weighted by Gasteiger charge is -2.26. The standard InChI is InChI=1S/C6H8N4O2/c11-6(12)5-3-10(9-8-5)4-1-7-2-4/h3-4,7H,1-2H2,(H,11,12). The molecule has 1 saturated heterocycles. The van der Waals surface area contributed by atoms with Crippen molar-refractivity contribution in [3.63, 3.8) is 0 Å². The third kappa shape index (κ3) is 1.06. The Kier molecular flexibility index (Phi) is 1.54. The number of nitrogens with one attached hydrogen (secondary N) is 1. The Morgan fingerprint density at radius 1 is 1.75 bits per heavy atom. The molecule has 1 aromatic heterocycles. The Morgan fingerprint density at radius 3 is 2.92 bits per heavy atom. The van der Waals surface area contributed by atoms with E-state index in [1.54, 1.807) is 4.68 Å². The van der Waals surface area contributed by atoms with E-state index in [4.69, 9.17) is 5.11 Å². The van der Waals surface area contributed by atoms with E-state index in [0.717, 1.165) is 13.1 Å². The molecular formula is C6H8N4O2. The van der Waals surface area contributed by atoms with Gasteiger partial charge >= 0.3 is 5.97 Å². The fraction of sp³-hybridized carbons (Fsp3) is 0.500. The summed E-state index contributed by atoms with van der Waals surface area (Å²) in [5.41, 5.74) is 0.00176. The smallest absolute Gasteiger partial charge is 0.358 e. The Morgan fingerprint density at radius 2 is 2.50 bits per heavy atom. The average molecular weight is 168 g/mol. The van der Waals surface area contributed by atoms with Gasteiger partial charge in [-0.2, -0.15) is 0 Å². The van der Waals surface area contributed by atoms with Crippen LogP contribution in [0.15, 0.2) is 6.20 Å². The quantitative estimate of drug-likeness (QED) is 0.599. The second-order valence-electron chi connectivity index (χ2n) is 2.70. The zero-order valence-corrected chi connectivity index (χ0v) is 6.27. The van der Waals surface area contributed by atoms with Gasteiger partial charge in [0.2, 0.25) is 0 Å². The number of carboxylic acids is 1. The monoisotopic (exact) mass is 168 g/mol. The molecule has 0 unspecified atom stereocenters. The molecule has 2 rings (SSSR count). The minimum atomic E-state index is -1.03. The molecule has 0 atom stereocenters. The molecule has 0 bridgehead atoms. The number of hydrogen-bond donors (Lipinski definition) is 2. The molecule has 0 saturated carbocycles. The molecule has 1 aromatic rings. The van der Waals surface area contributed by atoms with Gasteiger partial charge in [-0.1, -0.05) is 5.21 Å². The van der Waals surface area contributed by atoms with Crippen molar-refractivity contribution >= 4 is 5.97 Å². The molecule has 1 fully saturated rings. The lowest BCUT2D eigenvalue weighted by atomic mass is 10.2. The molecule has 0 radical (unpaired) electrons. The van der Waals surface area contributed by atoms with Gasteiger partial charge in [0.15, 0.2) is 5.69 Å². The Labute approximate surface area is 68.2 Å². The maximum absolute atomic E-state index is 10.4. The third-order valence-electron chi connectivity index (χ3n) is 1.86. The van der Waals surface area contributed by atoms with E-state index in [-0.39, 0.29) is 11.7 Å². The summed E-state index contributed by atoms with van der Waals surface area (Å²) in [5, 5.41) is 18.8. The van der Waals surface area contributed by atoms with E-state index < -0.39 is 5.97 Å². The van der Waals surface area contributed by atoms with E-state index >= 15 is 0 Å². The number of carboxylic acid groups (broad SMARTS) is 1. The number of aromatic carboxylic acids is 1. The van der Waals surface area contributed by atoms with Gasteiger partial charge in [-0.15, -0.1) is 5.10 Å². The van der Waals surface area contributed by atoms with Crippen molar-refractivity contribution in [1.29, 1.82) is 0 Å². The topological polar surface area (TPSA) is 80.0 Å². The molecular weight excluding hydrogens is 160 g/mol. The maximum atomic E-state index is 10.4. The Bertz CT molecular complexity index is 304. The number of nitrogens with zero attached hydrogens (tertiary/aromatic N) is 3. The largest absolute Gasteiger partial charge is 0.476 e. The molecule has 0 amide bonds. The summed E-state index contributed by atoms with van der Waals surface area (Å²) in [4.78, 5) is 10.4. The van der Waals surface area contributed by atoms with Crippen LogP contribution in [0.1, 0.15) is 16.5 Å². The van der Waals surface area contributed by atoms with Crippen LogP contribution in [-0.4, -0.2) is 39.2 Å². The van der Waals surface area contributed by atoms with Gasteiger partial charge < -0.3 is 10.4 Å². The molecule has 12 heavy (non-hydrogen) atoms. The van der Waals surface area contributed by atoms with Crippen molar-refractivity contribution in [1.82, 2.24) is 20.3 Å². The van der Waals surface area contributed by atoms with Gasteiger partial charge in [0.25, 0.3) is 0 Å². The van der Waals surface area contributed by atoms with Gasteiger partial charge in [-0.05, 0) is 0 Å². The maximum Gasteiger partial charge on any atom is 0.358 e. The molecule has 2 N–H and O–H groups in total. The van der Waals surface area contributed by atoms with Crippen LogP contribution in [0.2, 0.25) is 0 Å². The minimum Gasteiger partial charge on any atom is -0.476 e. The number of aromatic nitrogens is 3. The van der Waals surface area contributed by atoms with Crippen LogP contribution in [0.3, 0.4) is 0 Å². The SMILES string of the molecule is O=C(O)c1cn(C2CNC2)nn1. The first-order valence-electron chi connectivity index (χ1n) is 3.63. The van der Waals surface area contributed by atoms with Gasteiger partial charge in [0.05, 0.1) is 12.2 Å². The molecule has 0 aliphatic carbocycles. The molecule has 0 spiro atoms. The summed E-state index contributed by atoms with van der Waals surface area (Å²) in [6, 6.07) is 0.269. The molecule has 1 aliphatic rings. The Hall–Kier alpha value is -1.43. The van der Waals surface area contributed by atoms with E-state index in [1.807, 2.05) is 0 Å². The highest BCUT2D eigenvalue weighted by Gasteiger charge is 2.21. The number of carbonyl (C=O) groups is 1. The fourth-order valence-corrected chi connectivity index (χ4v) is 1.01. The Balaban J connectivity index is 2.17. The zero-order chi connectivity index (χ0) is 8.55. The van der Waals surface area contributed by atoms with Crippen LogP contribution >= 0.6 is 0 Å². The first-order valence-corrected chi connectivity index (χ1v) is 3.63. The number of rotatable bonds is 2. The van der Waals surface area contributed by atoms with Crippen LogP contribution in [0.25, 0.3) is 0 Å². The zero-order valence-electron chi connectivity index (χ0n) is 6.27. The van der Waals surface area contributed by atoms with Crippen molar-refractivity contribution < 1.29 is 9.90 Å². The van der Waals surface area contributed by atoms with E-state index in [9.17, 15) is 4.79 Å². The third-order valence-corrected chi connectivity index (χ3v) is 1.86. The normalized spacial score (nSPS) is 17.3. The summed E-state index contributed by atoms with van der Waals surface area (Å²) in [6.45, 7) is 1.67. The molecule has 6 nitrogen and oxygen atoms in total. The summed E-state index contributed by atoms with van der Waals surface area (Å²) < 4.78 is 1.58. The molecule has 2 heterocycles. The highest BCUT2D eigenvalue weighted by molar-refractivity contribution is 5.84. The molecule has 1 aliphatic heterocycles. The fourth-order valence-electron chi connectivity index (χ4n) is 1.01. The lowest BCUT2D eigenvalue weighted by molar-refractivity contribution is 0.0690. The highest BCUT2D eigenvalue weighted by atomic mass is 16.4. The summed E-state index contributed by atoms with van der Waals surface area (Å²) in [7, 11) is 0. The molecule has 0 aromatic carbocycles. The van der Waals surface area contributed by atoms with Crippen molar-refractivity contribution in [3.8, 4) is 0 Å². The van der Waals surface area contributed by atoms with Crippen LogP contribution in [0.5, 0.6) is 0 Å². The highest BCUT2D eigenvalue weighted by Crippen LogP contribution is 2.09. The van der Waals surface area contributed by atoms with Crippen LogP contribution in [0.4, 0.5) is 0 Å². The van der Waals surface area contributed by atoms with E-state index in [0.29, 0.717) is 0 Å². The lowest BCUT2D eigenvalue weighted by Crippen LogP contribution is -2.43. The first kappa shape index (κ1) is 7.23. The average Bonchev–Trinajstić information content (AvgIpc) is 2.32. The second-order valence-corrected chi connectivity index (χ2v) is 2.70. The minimum absolute atomic E-state index is 0.00176. The van der Waals surface area contributed by atoms with E-state index in [1.165, 1.54) is 6.20 Å². The summed E-state index contributed by atoms with van der Waals surface area (Å²) >= 11 is 0.